The van der Waals surface area contributed by atoms with Crippen LogP contribution in [0, 0.1) is 0 Å². The first-order valence-corrected chi connectivity index (χ1v) is 6.22. The number of carbonyl (C=O) groups is 1. The van der Waals surface area contributed by atoms with E-state index in [1.54, 1.807) is 18.2 Å². The molecule has 1 heterocycles. The van der Waals surface area contributed by atoms with Crippen molar-refractivity contribution in [2.75, 3.05) is 5.73 Å². The molecule has 3 N–H and O–H groups in total. The van der Waals surface area contributed by atoms with Crippen LogP contribution in [0.5, 0.6) is 0 Å². The molecule has 98 valence electrons. The van der Waals surface area contributed by atoms with Crippen LogP contribution in [0.25, 0.3) is 0 Å². The Hall–Kier alpha value is -2.07. The molecule has 2 rings (SSSR count). The van der Waals surface area contributed by atoms with Crippen molar-refractivity contribution in [3.05, 3.63) is 58.9 Å². The Morgan fingerprint density at radius 2 is 2.16 bits per heavy atom. The van der Waals surface area contributed by atoms with Gasteiger partial charge in [0.1, 0.15) is 5.69 Å². The number of anilines is 1. The predicted octanol–water partition coefficient (Wildman–Crippen LogP) is 2.81. The number of nitrogen functional groups attached to an aromatic ring is 1. The van der Waals surface area contributed by atoms with Crippen molar-refractivity contribution in [1.29, 1.82) is 0 Å². The molecule has 0 aliphatic carbocycles. The van der Waals surface area contributed by atoms with Crippen molar-refractivity contribution in [3.63, 3.8) is 0 Å². The number of benzene rings is 1. The Kier molecular flexibility index (Phi) is 4.02. The molecule has 1 atom stereocenters. The molecule has 1 unspecified atom stereocenters. The number of nitrogens with two attached hydrogens (primary N) is 1. The Morgan fingerprint density at radius 3 is 2.79 bits per heavy atom. The second kappa shape index (κ2) is 5.71. The monoisotopic (exact) mass is 275 g/mol. The number of carbonyl (C=O) groups excluding carboxylic acids is 1. The number of halogens is 1. The first kappa shape index (κ1) is 13.4. The van der Waals surface area contributed by atoms with Crippen molar-refractivity contribution in [1.82, 2.24) is 10.3 Å². The molecule has 0 radical (unpaired) electrons. The standard InChI is InChI=1S/C14H14ClN3O/c1-9(10-3-2-4-11(15)7-10)18-14(19)13-6-5-12(16)8-17-13/h2-9H,16H2,1H3,(H,18,19). The van der Waals surface area contributed by atoms with E-state index in [0.717, 1.165) is 5.56 Å². The summed E-state index contributed by atoms with van der Waals surface area (Å²) in [5.41, 5.74) is 7.33. The van der Waals surface area contributed by atoms with Crippen molar-refractivity contribution in [2.45, 2.75) is 13.0 Å². The van der Waals surface area contributed by atoms with Gasteiger partial charge in [-0.1, -0.05) is 23.7 Å². The van der Waals surface area contributed by atoms with E-state index in [1.165, 1.54) is 6.20 Å². The lowest BCUT2D eigenvalue weighted by atomic mass is 10.1. The molecule has 0 saturated carbocycles. The molecule has 0 aliphatic rings. The van der Waals surface area contributed by atoms with Gasteiger partial charge >= 0.3 is 0 Å². The van der Waals surface area contributed by atoms with E-state index in [0.29, 0.717) is 16.4 Å². The van der Waals surface area contributed by atoms with Gasteiger partial charge in [-0.3, -0.25) is 4.79 Å². The number of nitrogens with zero attached hydrogens (tertiary/aromatic N) is 1. The topological polar surface area (TPSA) is 68.0 Å². The number of rotatable bonds is 3. The molecule has 0 bridgehead atoms. The van der Waals surface area contributed by atoms with Gasteiger partial charge in [0.15, 0.2) is 0 Å². The Bertz CT molecular complexity index is 583. The van der Waals surface area contributed by atoms with E-state index in [4.69, 9.17) is 17.3 Å². The van der Waals surface area contributed by atoms with E-state index in [1.807, 2.05) is 25.1 Å². The molecular weight excluding hydrogens is 262 g/mol. The van der Waals surface area contributed by atoms with Crippen LogP contribution in [0.4, 0.5) is 5.69 Å². The van der Waals surface area contributed by atoms with E-state index in [9.17, 15) is 4.79 Å². The molecular formula is C14H14ClN3O. The molecule has 0 fully saturated rings. The van der Waals surface area contributed by atoms with Gasteiger partial charge in [0, 0.05) is 5.02 Å². The van der Waals surface area contributed by atoms with E-state index in [2.05, 4.69) is 10.3 Å². The van der Waals surface area contributed by atoms with Crippen LogP contribution in [0.3, 0.4) is 0 Å². The fraction of sp³-hybridized carbons (Fsp3) is 0.143. The summed E-state index contributed by atoms with van der Waals surface area (Å²) < 4.78 is 0. The fourth-order valence-electron chi connectivity index (χ4n) is 1.67. The van der Waals surface area contributed by atoms with E-state index < -0.39 is 0 Å². The van der Waals surface area contributed by atoms with Crippen LogP contribution < -0.4 is 11.1 Å². The summed E-state index contributed by atoms with van der Waals surface area (Å²) in [5, 5.41) is 3.50. The van der Waals surface area contributed by atoms with Gasteiger partial charge in [-0.2, -0.15) is 0 Å². The normalized spacial score (nSPS) is 11.9. The molecule has 2 aromatic rings. The minimum atomic E-state index is -0.243. The number of aromatic nitrogens is 1. The second-order valence-electron chi connectivity index (χ2n) is 4.23. The zero-order valence-corrected chi connectivity index (χ0v) is 11.2. The maximum absolute atomic E-state index is 12.0. The van der Waals surface area contributed by atoms with Crippen LogP contribution in [-0.4, -0.2) is 10.9 Å². The van der Waals surface area contributed by atoms with Gasteiger partial charge in [-0.05, 0) is 36.8 Å². The molecule has 4 nitrogen and oxygen atoms in total. The molecule has 0 spiro atoms. The molecule has 19 heavy (non-hydrogen) atoms. The number of pyridine rings is 1. The summed E-state index contributed by atoms with van der Waals surface area (Å²) in [5.74, 6) is -0.243. The van der Waals surface area contributed by atoms with Gasteiger partial charge in [-0.15, -0.1) is 0 Å². The van der Waals surface area contributed by atoms with Crippen LogP contribution in [0.2, 0.25) is 5.02 Å². The lowest BCUT2D eigenvalue weighted by Crippen LogP contribution is -2.27. The molecule has 5 heteroatoms. The average molecular weight is 276 g/mol. The minimum absolute atomic E-state index is 0.148. The quantitative estimate of drug-likeness (QED) is 0.905. The van der Waals surface area contributed by atoms with Gasteiger partial charge in [-0.25, -0.2) is 4.98 Å². The summed E-state index contributed by atoms with van der Waals surface area (Å²) in [6, 6.07) is 10.5. The van der Waals surface area contributed by atoms with Crippen molar-refractivity contribution < 1.29 is 4.79 Å². The van der Waals surface area contributed by atoms with Crippen LogP contribution in [-0.2, 0) is 0 Å². The van der Waals surface area contributed by atoms with Crippen LogP contribution >= 0.6 is 11.6 Å². The maximum Gasteiger partial charge on any atom is 0.270 e. The highest BCUT2D eigenvalue weighted by molar-refractivity contribution is 6.30. The summed E-state index contributed by atoms with van der Waals surface area (Å²) >= 11 is 5.92. The Balaban J connectivity index is 2.08. The van der Waals surface area contributed by atoms with Crippen molar-refractivity contribution in [2.24, 2.45) is 0 Å². The lowest BCUT2D eigenvalue weighted by molar-refractivity contribution is 0.0935. The van der Waals surface area contributed by atoms with Gasteiger partial charge in [0.25, 0.3) is 5.91 Å². The summed E-state index contributed by atoms with van der Waals surface area (Å²) in [7, 11) is 0. The molecule has 1 amide bonds. The van der Waals surface area contributed by atoms with Gasteiger partial charge in [0.05, 0.1) is 17.9 Å². The van der Waals surface area contributed by atoms with Gasteiger partial charge < -0.3 is 11.1 Å². The first-order valence-electron chi connectivity index (χ1n) is 5.84. The fourth-order valence-corrected chi connectivity index (χ4v) is 1.87. The van der Waals surface area contributed by atoms with Gasteiger partial charge in [0.2, 0.25) is 0 Å². The Labute approximate surface area is 116 Å². The molecule has 1 aromatic heterocycles. The van der Waals surface area contributed by atoms with Crippen molar-refractivity contribution in [3.8, 4) is 0 Å². The highest BCUT2D eigenvalue weighted by atomic mass is 35.5. The number of amides is 1. The van der Waals surface area contributed by atoms with Crippen molar-refractivity contribution >= 4 is 23.2 Å². The lowest BCUT2D eigenvalue weighted by Gasteiger charge is -2.14. The van der Waals surface area contributed by atoms with E-state index in [-0.39, 0.29) is 11.9 Å². The molecule has 0 saturated heterocycles. The van der Waals surface area contributed by atoms with E-state index >= 15 is 0 Å². The maximum atomic E-state index is 12.0. The average Bonchev–Trinajstić information content (AvgIpc) is 2.39. The largest absolute Gasteiger partial charge is 0.397 e. The summed E-state index contributed by atoms with van der Waals surface area (Å²) in [6.45, 7) is 1.89. The molecule has 0 aliphatic heterocycles. The number of hydrogen-bond donors (Lipinski definition) is 2. The zero-order chi connectivity index (χ0) is 13.8. The highest BCUT2D eigenvalue weighted by Gasteiger charge is 2.12. The zero-order valence-electron chi connectivity index (χ0n) is 10.4. The number of hydrogen-bond acceptors (Lipinski definition) is 3. The summed E-state index contributed by atoms with van der Waals surface area (Å²) in [4.78, 5) is 16.0. The third-order valence-electron chi connectivity index (χ3n) is 2.72. The van der Waals surface area contributed by atoms with Crippen LogP contribution in [0.15, 0.2) is 42.6 Å². The third kappa shape index (κ3) is 3.45. The predicted molar refractivity (Wildman–Crippen MR) is 76.0 cm³/mol. The summed E-state index contributed by atoms with van der Waals surface area (Å²) in [6.07, 6.45) is 1.46. The Morgan fingerprint density at radius 1 is 1.37 bits per heavy atom. The SMILES string of the molecule is CC(NC(=O)c1ccc(N)cn1)c1cccc(Cl)c1. The molecule has 1 aromatic carbocycles. The second-order valence-corrected chi connectivity index (χ2v) is 4.66. The van der Waals surface area contributed by atoms with Crippen LogP contribution in [0.1, 0.15) is 29.0 Å². The smallest absolute Gasteiger partial charge is 0.270 e. The third-order valence-corrected chi connectivity index (χ3v) is 2.95. The number of nitrogens with one attached hydrogen (secondary N) is 1. The highest BCUT2D eigenvalue weighted by Crippen LogP contribution is 2.17. The minimum Gasteiger partial charge on any atom is -0.397 e. The first-order chi connectivity index (χ1) is 9.06.